The van der Waals surface area contributed by atoms with Crippen molar-refractivity contribution in [1.29, 1.82) is 0 Å². The third-order valence-electron chi connectivity index (χ3n) is 5.57. The van der Waals surface area contributed by atoms with E-state index in [-0.39, 0.29) is 0 Å². The minimum absolute atomic E-state index is 0.664. The Kier molecular flexibility index (Phi) is 3.20. The molecule has 0 atom stereocenters. The van der Waals surface area contributed by atoms with E-state index >= 15 is 0 Å². The van der Waals surface area contributed by atoms with E-state index in [4.69, 9.17) is 11.5 Å². The van der Waals surface area contributed by atoms with Crippen molar-refractivity contribution in [3.63, 3.8) is 0 Å². The van der Waals surface area contributed by atoms with Gasteiger partial charge < -0.3 is 11.5 Å². The van der Waals surface area contributed by atoms with Crippen molar-refractivity contribution in [1.82, 2.24) is 9.38 Å². The zero-order valence-corrected chi connectivity index (χ0v) is 15.6. The van der Waals surface area contributed by atoms with Gasteiger partial charge in [-0.15, -0.1) is 0 Å². The molecular weight excluding hydrogens is 360 g/mol. The summed E-state index contributed by atoms with van der Waals surface area (Å²) in [5, 5.41) is 0. The predicted octanol–water partition coefficient (Wildman–Crippen LogP) is 3.76. The molecule has 0 amide bonds. The first-order valence-electron chi connectivity index (χ1n) is 9.54. The van der Waals surface area contributed by atoms with Crippen molar-refractivity contribution in [2.24, 2.45) is 21.5 Å². The Morgan fingerprint density at radius 2 is 1.48 bits per heavy atom. The summed E-state index contributed by atoms with van der Waals surface area (Å²) in [6.07, 6.45) is 5.46. The number of hydrogen-bond donors (Lipinski definition) is 2. The maximum Gasteiger partial charge on any atom is 0.137 e. The Morgan fingerprint density at radius 1 is 0.724 bits per heavy atom. The molecule has 6 heteroatoms. The SMILES string of the molecule is NC1=Nc2ccc(-c3cnc4ccc(-c5ccc6c(c5)N=C(N)C6)cn34)cc2C1. The molecule has 4 heterocycles. The number of aromatic nitrogens is 2. The van der Waals surface area contributed by atoms with Crippen LogP contribution in [0.2, 0.25) is 0 Å². The van der Waals surface area contributed by atoms with Crippen LogP contribution in [-0.4, -0.2) is 21.1 Å². The molecule has 4 aromatic rings. The normalized spacial score (nSPS) is 14.6. The highest BCUT2D eigenvalue weighted by Gasteiger charge is 2.16. The average molecular weight is 378 g/mol. The number of nitrogens with zero attached hydrogens (tertiary/aromatic N) is 4. The van der Waals surface area contributed by atoms with E-state index in [2.05, 4.69) is 62.0 Å². The Labute approximate surface area is 167 Å². The maximum absolute atomic E-state index is 5.89. The fourth-order valence-corrected chi connectivity index (χ4v) is 4.14. The number of imidazole rings is 1. The van der Waals surface area contributed by atoms with Gasteiger partial charge in [-0.2, -0.15) is 0 Å². The Morgan fingerprint density at radius 3 is 2.38 bits per heavy atom. The zero-order valence-electron chi connectivity index (χ0n) is 15.6. The molecule has 0 fully saturated rings. The van der Waals surface area contributed by atoms with Crippen LogP contribution < -0.4 is 11.5 Å². The van der Waals surface area contributed by atoms with Gasteiger partial charge in [0.25, 0.3) is 0 Å². The number of nitrogens with two attached hydrogens (primary N) is 2. The Balaban J connectivity index is 1.45. The van der Waals surface area contributed by atoms with Gasteiger partial charge >= 0.3 is 0 Å². The average Bonchev–Trinajstić information content (AvgIpc) is 3.40. The van der Waals surface area contributed by atoms with Crippen molar-refractivity contribution in [3.8, 4) is 22.4 Å². The number of rotatable bonds is 2. The molecule has 2 aliphatic heterocycles. The van der Waals surface area contributed by atoms with Crippen molar-refractivity contribution in [2.45, 2.75) is 12.8 Å². The van der Waals surface area contributed by atoms with E-state index in [9.17, 15) is 0 Å². The first-order chi connectivity index (χ1) is 14.1. The summed E-state index contributed by atoms with van der Waals surface area (Å²) >= 11 is 0. The van der Waals surface area contributed by atoms with Crippen LogP contribution in [-0.2, 0) is 12.8 Å². The Bertz CT molecular complexity index is 1380. The van der Waals surface area contributed by atoms with Gasteiger partial charge in [-0.1, -0.05) is 18.2 Å². The van der Waals surface area contributed by atoms with Gasteiger partial charge in [-0.3, -0.25) is 4.40 Å². The molecule has 4 N–H and O–H groups in total. The van der Waals surface area contributed by atoms with Gasteiger partial charge in [-0.25, -0.2) is 15.0 Å². The summed E-state index contributed by atoms with van der Waals surface area (Å²) in [5.41, 5.74) is 21.3. The van der Waals surface area contributed by atoms with Crippen molar-refractivity contribution < 1.29 is 0 Å². The molecule has 0 aliphatic carbocycles. The van der Waals surface area contributed by atoms with E-state index in [0.717, 1.165) is 51.4 Å². The maximum atomic E-state index is 5.89. The van der Waals surface area contributed by atoms with Crippen molar-refractivity contribution in [3.05, 3.63) is 72.1 Å². The summed E-state index contributed by atoms with van der Waals surface area (Å²) in [6.45, 7) is 0. The van der Waals surface area contributed by atoms with E-state index in [0.29, 0.717) is 18.1 Å². The Hall–Kier alpha value is -3.93. The fraction of sp³-hybridized carbons (Fsp3) is 0.0870. The summed E-state index contributed by atoms with van der Waals surface area (Å²) in [7, 11) is 0. The van der Waals surface area contributed by atoms with Crippen molar-refractivity contribution >= 4 is 28.7 Å². The van der Waals surface area contributed by atoms with E-state index in [1.165, 1.54) is 5.56 Å². The number of aliphatic imine (C=N–C) groups is 2. The molecule has 29 heavy (non-hydrogen) atoms. The quantitative estimate of drug-likeness (QED) is 0.556. The lowest BCUT2D eigenvalue weighted by molar-refractivity contribution is 1.19. The van der Waals surface area contributed by atoms with Gasteiger partial charge in [-0.05, 0) is 52.6 Å². The third kappa shape index (κ3) is 2.53. The second-order valence-corrected chi connectivity index (χ2v) is 7.54. The molecule has 6 rings (SSSR count). The van der Waals surface area contributed by atoms with Crippen LogP contribution in [0.25, 0.3) is 28.0 Å². The number of fused-ring (bicyclic) bond motifs is 3. The fourth-order valence-electron chi connectivity index (χ4n) is 4.14. The smallest absolute Gasteiger partial charge is 0.137 e. The van der Waals surface area contributed by atoms with Crippen LogP contribution >= 0.6 is 0 Å². The summed E-state index contributed by atoms with van der Waals surface area (Å²) in [4.78, 5) is 13.4. The van der Waals surface area contributed by atoms with Crippen LogP contribution in [0.4, 0.5) is 11.4 Å². The van der Waals surface area contributed by atoms with Gasteiger partial charge in [0.15, 0.2) is 0 Å². The molecule has 0 bridgehead atoms. The summed E-state index contributed by atoms with van der Waals surface area (Å²) in [5.74, 6) is 1.34. The highest BCUT2D eigenvalue weighted by Crippen LogP contribution is 2.34. The molecule has 2 aromatic carbocycles. The minimum Gasteiger partial charge on any atom is -0.387 e. The number of pyridine rings is 1. The van der Waals surface area contributed by atoms with E-state index < -0.39 is 0 Å². The van der Waals surface area contributed by atoms with Crippen LogP contribution in [0.15, 0.2) is 70.9 Å². The summed E-state index contributed by atoms with van der Waals surface area (Å²) < 4.78 is 2.13. The third-order valence-corrected chi connectivity index (χ3v) is 5.57. The second kappa shape index (κ2) is 5.78. The first kappa shape index (κ1) is 16.1. The zero-order chi connectivity index (χ0) is 19.5. The molecule has 140 valence electrons. The molecular formula is C23H18N6. The number of benzene rings is 2. The van der Waals surface area contributed by atoms with E-state index in [1.807, 2.05) is 18.3 Å². The molecule has 0 radical (unpaired) electrons. The van der Waals surface area contributed by atoms with Crippen LogP contribution in [0.1, 0.15) is 11.1 Å². The molecule has 0 spiro atoms. The van der Waals surface area contributed by atoms with Gasteiger partial charge in [0.1, 0.15) is 17.3 Å². The molecule has 2 aromatic heterocycles. The minimum atomic E-state index is 0.664. The summed E-state index contributed by atoms with van der Waals surface area (Å²) in [6, 6.07) is 16.7. The first-order valence-corrected chi connectivity index (χ1v) is 9.54. The van der Waals surface area contributed by atoms with Crippen LogP contribution in [0.5, 0.6) is 0 Å². The van der Waals surface area contributed by atoms with Crippen molar-refractivity contribution in [2.75, 3.05) is 0 Å². The lowest BCUT2D eigenvalue weighted by Gasteiger charge is -2.08. The van der Waals surface area contributed by atoms with Crippen LogP contribution in [0.3, 0.4) is 0 Å². The van der Waals surface area contributed by atoms with Gasteiger partial charge in [0.2, 0.25) is 0 Å². The van der Waals surface area contributed by atoms with Crippen LogP contribution in [0, 0.1) is 0 Å². The molecule has 2 aliphatic rings. The standard InChI is InChI=1S/C23H18N6/c24-21-9-14-2-1-13(8-19(14)28-21)16-4-6-23-26-11-20(29(23)12-16)15-3-5-18-17(7-15)10-22(25)27-18/h1-8,11-12H,9-10H2,(H2,24,28)(H2,25,27). The molecule has 0 saturated carbocycles. The molecule has 0 saturated heterocycles. The number of amidine groups is 2. The number of hydrogen-bond acceptors (Lipinski definition) is 5. The largest absolute Gasteiger partial charge is 0.387 e. The lowest BCUT2D eigenvalue weighted by atomic mass is 10.0. The lowest BCUT2D eigenvalue weighted by Crippen LogP contribution is -2.09. The van der Waals surface area contributed by atoms with Gasteiger partial charge in [0.05, 0.1) is 23.3 Å². The highest BCUT2D eigenvalue weighted by molar-refractivity contribution is 5.92. The second-order valence-electron chi connectivity index (χ2n) is 7.54. The predicted molar refractivity (Wildman–Crippen MR) is 116 cm³/mol. The highest BCUT2D eigenvalue weighted by atomic mass is 15.0. The topological polar surface area (TPSA) is 94.1 Å². The molecule has 6 nitrogen and oxygen atoms in total. The monoisotopic (exact) mass is 378 g/mol. The molecule has 0 unspecified atom stereocenters. The van der Waals surface area contributed by atoms with E-state index in [1.54, 1.807) is 0 Å². The van der Waals surface area contributed by atoms with Gasteiger partial charge in [0, 0.05) is 24.6 Å².